The molecule has 0 bridgehead atoms. The van der Waals surface area contributed by atoms with Crippen LogP contribution in [0.2, 0.25) is 5.02 Å². The van der Waals surface area contributed by atoms with Crippen LogP contribution in [-0.4, -0.2) is 88.2 Å². The van der Waals surface area contributed by atoms with Crippen molar-refractivity contribution in [2.45, 2.75) is 50.7 Å². The molecule has 3 aliphatic rings. The number of piperidine rings is 1. The van der Waals surface area contributed by atoms with Gasteiger partial charge in [0, 0.05) is 40.2 Å². The Balaban J connectivity index is 1.36. The molecule has 11 heteroatoms. The Morgan fingerprint density at radius 3 is 2.89 bits per heavy atom. The summed E-state index contributed by atoms with van der Waals surface area (Å²) in [6.45, 7) is 4.44. The number of anilines is 1. The highest BCUT2D eigenvalue weighted by molar-refractivity contribution is 6.36. The van der Waals surface area contributed by atoms with E-state index in [9.17, 15) is 10.2 Å². The first-order valence-corrected chi connectivity index (χ1v) is 15.7. The molecule has 2 aromatic carbocycles. The van der Waals surface area contributed by atoms with Crippen molar-refractivity contribution in [3.63, 3.8) is 0 Å². The Morgan fingerprint density at radius 2 is 2.02 bits per heavy atom. The monoisotopic (exact) mass is 621 g/mol. The highest BCUT2D eigenvalue weighted by atomic mass is 35.5. The van der Waals surface area contributed by atoms with Crippen LogP contribution in [0, 0.1) is 11.2 Å². The van der Waals surface area contributed by atoms with Crippen molar-refractivity contribution in [3.05, 3.63) is 47.4 Å². The van der Waals surface area contributed by atoms with Crippen molar-refractivity contribution in [2.24, 2.45) is 5.41 Å². The van der Waals surface area contributed by atoms with Crippen LogP contribution in [0.3, 0.4) is 0 Å². The summed E-state index contributed by atoms with van der Waals surface area (Å²) < 4.78 is 28.8. The number of hydrogen-bond acceptors (Lipinski definition) is 9. The molecule has 7 rings (SSSR count). The van der Waals surface area contributed by atoms with Gasteiger partial charge >= 0.3 is 6.01 Å². The van der Waals surface area contributed by atoms with Crippen LogP contribution in [0.15, 0.2) is 36.5 Å². The molecular weight excluding hydrogens is 585 g/mol. The number of aliphatic hydroxyl groups is 1. The van der Waals surface area contributed by atoms with Gasteiger partial charge in [-0.1, -0.05) is 30.2 Å². The average Bonchev–Trinajstić information content (AvgIpc) is 3.34. The number of hydrogen-bond donors (Lipinski definition) is 2. The van der Waals surface area contributed by atoms with Crippen LogP contribution in [0.5, 0.6) is 11.8 Å². The summed E-state index contributed by atoms with van der Waals surface area (Å²) in [6.07, 6.45) is 7.08. The maximum Gasteiger partial charge on any atom is 0.319 e. The SMILES string of the molecule is CN1CCC[C@@]2(COc3nc(N4CCOC[C@@](C)(O)C4)c4cnc(-c5cc(O)cc6cccc(Cl)c56)c(F)c4n3)CCC[C@@H]12. The number of β-amino-alcohol motifs (C(OH)–C–C–N with tert-alkyl or cyclic N) is 1. The Morgan fingerprint density at radius 1 is 1.18 bits per heavy atom. The van der Waals surface area contributed by atoms with Crippen molar-refractivity contribution < 1.29 is 24.1 Å². The van der Waals surface area contributed by atoms with Gasteiger partial charge < -0.3 is 29.5 Å². The number of fused-ring (bicyclic) bond motifs is 3. The molecule has 4 heterocycles. The summed E-state index contributed by atoms with van der Waals surface area (Å²) in [5.41, 5.74) is -0.719. The number of benzene rings is 2. The molecule has 2 N–H and O–H groups in total. The van der Waals surface area contributed by atoms with Gasteiger partial charge in [-0.05, 0) is 69.8 Å². The van der Waals surface area contributed by atoms with Crippen molar-refractivity contribution in [3.8, 4) is 23.0 Å². The van der Waals surface area contributed by atoms with Gasteiger partial charge in [0.2, 0.25) is 0 Å². The third-order valence-electron chi connectivity index (χ3n) is 9.62. The van der Waals surface area contributed by atoms with Crippen molar-refractivity contribution in [1.29, 1.82) is 0 Å². The summed E-state index contributed by atoms with van der Waals surface area (Å²) in [7, 11) is 2.18. The molecule has 2 aliphatic heterocycles. The topological polar surface area (TPSA) is 104 Å². The van der Waals surface area contributed by atoms with Crippen molar-refractivity contribution in [2.75, 3.05) is 51.4 Å². The normalized spacial score (nSPS) is 26.2. The second-order valence-corrected chi connectivity index (χ2v) is 13.4. The molecule has 3 fully saturated rings. The number of pyridine rings is 1. The summed E-state index contributed by atoms with van der Waals surface area (Å²) in [5.74, 6) is -0.276. The van der Waals surface area contributed by atoms with Gasteiger partial charge in [-0.25, -0.2) is 4.39 Å². The minimum atomic E-state index is -1.14. The van der Waals surface area contributed by atoms with Crippen LogP contribution in [0.4, 0.5) is 10.2 Å². The van der Waals surface area contributed by atoms with Crippen molar-refractivity contribution in [1.82, 2.24) is 19.9 Å². The number of likely N-dealkylation sites (tertiary alicyclic amines) is 1. The molecule has 0 radical (unpaired) electrons. The highest BCUT2D eigenvalue weighted by Gasteiger charge is 2.47. The van der Waals surface area contributed by atoms with Crippen LogP contribution in [0.1, 0.15) is 39.0 Å². The van der Waals surface area contributed by atoms with Gasteiger partial charge in [-0.3, -0.25) is 4.98 Å². The molecule has 1 aliphatic carbocycles. The zero-order valence-electron chi connectivity index (χ0n) is 25.0. The van der Waals surface area contributed by atoms with Crippen molar-refractivity contribution >= 4 is 39.1 Å². The van der Waals surface area contributed by atoms with Gasteiger partial charge in [0.1, 0.15) is 28.4 Å². The van der Waals surface area contributed by atoms with E-state index in [0.29, 0.717) is 58.4 Å². The van der Waals surface area contributed by atoms with Crippen LogP contribution in [-0.2, 0) is 4.74 Å². The maximum absolute atomic E-state index is 16.7. The quantitative estimate of drug-likeness (QED) is 0.296. The lowest BCUT2D eigenvalue weighted by molar-refractivity contribution is -0.0123. The molecule has 44 heavy (non-hydrogen) atoms. The molecule has 0 unspecified atom stereocenters. The summed E-state index contributed by atoms with van der Waals surface area (Å²) in [6, 6.07) is 8.88. The molecule has 0 spiro atoms. The van der Waals surface area contributed by atoms with Crippen LogP contribution >= 0.6 is 11.6 Å². The minimum Gasteiger partial charge on any atom is -0.508 e. The van der Waals surface area contributed by atoms with Gasteiger partial charge in [0.25, 0.3) is 0 Å². The van der Waals surface area contributed by atoms with E-state index in [4.69, 9.17) is 26.1 Å². The number of aromatic hydroxyl groups is 1. The van der Waals surface area contributed by atoms with E-state index in [-0.39, 0.29) is 41.5 Å². The van der Waals surface area contributed by atoms with E-state index in [2.05, 4.69) is 21.9 Å². The van der Waals surface area contributed by atoms with Gasteiger partial charge in [0.15, 0.2) is 5.82 Å². The maximum atomic E-state index is 16.7. The Bertz CT molecular complexity index is 1740. The minimum absolute atomic E-state index is 0.00474. The number of nitrogens with zero attached hydrogens (tertiary/aromatic N) is 5. The Labute approximate surface area is 260 Å². The first kappa shape index (κ1) is 29.4. The molecule has 4 aromatic rings. The fourth-order valence-electron chi connectivity index (χ4n) is 7.64. The second-order valence-electron chi connectivity index (χ2n) is 13.0. The molecule has 0 amide bonds. The molecule has 3 atom stereocenters. The first-order valence-electron chi connectivity index (χ1n) is 15.3. The predicted molar refractivity (Wildman–Crippen MR) is 168 cm³/mol. The molecule has 1 saturated carbocycles. The van der Waals surface area contributed by atoms with Crippen LogP contribution in [0.25, 0.3) is 32.9 Å². The van der Waals surface area contributed by atoms with E-state index in [1.807, 2.05) is 4.90 Å². The fraction of sp³-hybridized carbons (Fsp3) is 0.485. The zero-order chi connectivity index (χ0) is 30.6. The summed E-state index contributed by atoms with van der Waals surface area (Å²) >= 11 is 6.58. The van der Waals surface area contributed by atoms with Crippen LogP contribution < -0.4 is 9.64 Å². The molecule has 232 valence electrons. The Hall–Kier alpha value is -3.31. The largest absolute Gasteiger partial charge is 0.508 e. The molecule has 2 saturated heterocycles. The zero-order valence-corrected chi connectivity index (χ0v) is 25.8. The van der Waals surface area contributed by atoms with E-state index in [1.165, 1.54) is 6.07 Å². The number of aromatic nitrogens is 3. The van der Waals surface area contributed by atoms with Gasteiger partial charge in [0.05, 0.1) is 31.8 Å². The second kappa shape index (κ2) is 11.2. The number of halogens is 2. The smallest absolute Gasteiger partial charge is 0.319 e. The fourth-order valence-corrected chi connectivity index (χ4v) is 7.92. The highest BCUT2D eigenvalue weighted by Crippen LogP contribution is 2.47. The molecule has 9 nitrogen and oxygen atoms in total. The molecular formula is C33H37ClFN5O4. The standard InChI is InChI=1S/C33H37ClFN5O4/c1-32(42)17-40(12-13-43-18-32)30-23-16-36-28(22-15-21(41)14-20-6-3-7-24(34)26(20)22)27(35)29(23)37-31(38-30)44-19-33-9-4-8-25(33)39(2)11-5-10-33/h3,6-7,14-16,25,41-42H,4-5,8-13,17-19H2,1-2H3/t25-,32+,33-/m1/s1. The number of rotatable bonds is 5. The summed E-state index contributed by atoms with van der Waals surface area (Å²) in [5, 5.41) is 23.5. The summed E-state index contributed by atoms with van der Waals surface area (Å²) in [4.78, 5) is 18.3. The predicted octanol–water partition coefficient (Wildman–Crippen LogP) is 5.57. The van der Waals surface area contributed by atoms with E-state index in [1.54, 1.807) is 37.4 Å². The van der Waals surface area contributed by atoms with E-state index < -0.39 is 11.4 Å². The number of ether oxygens (including phenoxy) is 2. The van der Waals surface area contributed by atoms with E-state index in [0.717, 1.165) is 38.6 Å². The van der Waals surface area contributed by atoms with Gasteiger partial charge in [-0.15, -0.1) is 0 Å². The van der Waals surface area contributed by atoms with E-state index >= 15 is 4.39 Å². The molecule has 2 aromatic heterocycles. The lowest BCUT2D eigenvalue weighted by Crippen LogP contribution is -2.50. The number of phenolic OH excluding ortho intramolecular Hbond substituents is 1. The number of phenols is 1. The third kappa shape index (κ3) is 5.21. The lowest BCUT2D eigenvalue weighted by Gasteiger charge is -2.44. The third-order valence-corrected chi connectivity index (χ3v) is 9.94. The lowest BCUT2D eigenvalue weighted by atomic mass is 9.76. The first-order chi connectivity index (χ1) is 21.1. The Kier molecular flexibility index (Phi) is 7.51. The average molecular weight is 622 g/mol. The van der Waals surface area contributed by atoms with Gasteiger partial charge in [-0.2, -0.15) is 9.97 Å².